The summed E-state index contributed by atoms with van der Waals surface area (Å²) in [5.41, 5.74) is 0.374. The lowest BCUT2D eigenvalue weighted by molar-refractivity contribution is 0.172. The van der Waals surface area contributed by atoms with Gasteiger partial charge in [-0.2, -0.15) is 0 Å². The van der Waals surface area contributed by atoms with Crippen molar-refractivity contribution in [2.24, 2.45) is 0 Å². The number of hydrogen-bond donors (Lipinski definition) is 1. The third kappa shape index (κ3) is 3.14. The van der Waals surface area contributed by atoms with E-state index in [1.807, 2.05) is 0 Å². The smallest absolute Gasteiger partial charge is 0.131 e. The Balaban J connectivity index is 2.28. The van der Waals surface area contributed by atoms with Gasteiger partial charge in [-0.3, -0.25) is 0 Å². The first-order valence-corrected chi connectivity index (χ1v) is 6.34. The fourth-order valence-corrected chi connectivity index (χ4v) is 2.10. The molecule has 0 radical (unpaired) electrons. The summed E-state index contributed by atoms with van der Waals surface area (Å²) >= 11 is 5.63. The predicted molar refractivity (Wildman–Crippen MR) is 71.2 cm³/mol. The number of halogens is 4. The van der Waals surface area contributed by atoms with Crippen LogP contribution < -0.4 is 0 Å². The molecular weight excluding hydrogens is 289 g/mol. The van der Waals surface area contributed by atoms with Crippen LogP contribution in [0.15, 0.2) is 30.3 Å². The maximum absolute atomic E-state index is 13.6. The monoisotopic (exact) mass is 300 g/mol. The van der Waals surface area contributed by atoms with Gasteiger partial charge < -0.3 is 5.11 Å². The van der Waals surface area contributed by atoms with Gasteiger partial charge >= 0.3 is 0 Å². The second-order valence-corrected chi connectivity index (χ2v) is 5.01. The fourth-order valence-electron chi connectivity index (χ4n) is 1.94. The lowest BCUT2D eigenvalue weighted by atomic mass is 9.99. The summed E-state index contributed by atoms with van der Waals surface area (Å²) in [7, 11) is 0. The molecule has 0 fully saturated rings. The lowest BCUT2D eigenvalue weighted by Gasteiger charge is -2.14. The van der Waals surface area contributed by atoms with E-state index in [9.17, 15) is 18.3 Å². The number of aliphatic hydroxyl groups is 1. The molecule has 1 unspecified atom stereocenters. The van der Waals surface area contributed by atoms with E-state index < -0.39 is 23.6 Å². The Labute approximate surface area is 119 Å². The molecular formula is C15H12ClF3O. The molecule has 20 heavy (non-hydrogen) atoms. The molecule has 0 spiro atoms. The minimum Gasteiger partial charge on any atom is -0.388 e. The van der Waals surface area contributed by atoms with Crippen LogP contribution in [-0.2, 0) is 6.42 Å². The van der Waals surface area contributed by atoms with Crippen molar-refractivity contribution < 1.29 is 18.3 Å². The van der Waals surface area contributed by atoms with Crippen LogP contribution in [0.4, 0.5) is 13.2 Å². The largest absolute Gasteiger partial charge is 0.388 e. The molecule has 0 saturated carbocycles. The molecule has 1 atom stereocenters. The number of hydrogen-bond acceptors (Lipinski definition) is 1. The van der Waals surface area contributed by atoms with Gasteiger partial charge in [0.05, 0.1) is 6.10 Å². The van der Waals surface area contributed by atoms with Crippen LogP contribution in [0.1, 0.15) is 22.8 Å². The molecule has 0 aliphatic heterocycles. The zero-order valence-electron chi connectivity index (χ0n) is 10.6. The average Bonchev–Trinajstić information content (AvgIpc) is 2.37. The van der Waals surface area contributed by atoms with Gasteiger partial charge in [-0.25, -0.2) is 13.2 Å². The average molecular weight is 301 g/mol. The molecule has 0 aliphatic rings. The lowest BCUT2D eigenvalue weighted by Crippen LogP contribution is -2.07. The van der Waals surface area contributed by atoms with Gasteiger partial charge in [-0.05, 0) is 36.2 Å². The van der Waals surface area contributed by atoms with Crippen LogP contribution in [0.3, 0.4) is 0 Å². The van der Waals surface area contributed by atoms with Gasteiger partial charge in [0.25, 0.3) is 0 Å². The summed E-state index contributed by atoms with van der Waals surface area (Å²) in [6, 6.07) is 5.97. The Hall–Kier alpha value is -1.52. The van der Waals surface area contributed by atoms with E-state index in [2.05, 4.69) is 0 Å². The molecule has 0 aromatic heterocycles. The second-order valence-electron chi connectivity index (χ2n) is 4.58. The minimum atomic E-state index is -1.26. The molecule has 106 valence electrons. The first-order valence-electron chi connectivity index (χ1n) is 5.96. The number of aliphatic hydroxyl groups excluding tert-OH is 1. The Morgan fingerprint density at radius 1 is 1.05 bits per heavy atom. The quantitative estimate of drug-likeness (QED) is 0.894. The van der Waals surface area contributed by atoms with Crippen molar-refractivity contribution in [1.82, 2.24) is 0 Å². The van der Waals surface area contributed by atoms with Crippen molar-refractivity contribution in [1.29, 1.82) is 0 Å². The van der Waals surface area contributed by atoms with Crippen molar-refractivity contribution in [3.8, 4) is 0 Å². The van der Waals surface area contributed by atoms with Crippen molar-refractivity contribution in [3.63, 3.8) is 0 Å². The highest BCUT2D eigenvalue weighted by atomic mass is 35.5. The van der Waals surface area contributed by atoms with Crippen LogP contribution in [0.2, 0.25) is 5.02 Å². The highest BCUT2D eigenvalue weighted by Crippen LogP contribution is 2.25. The standard InChI is InChI=1S/C15H12ClF3O/c1-8-4-11(14(19)7-12(8)17)15(20)5-9-2-3-10(16)6-13(9)18/h2-4,6-7,15,20H,5H2,1H3. The topological polar surface area (TPSA) is 20.2 Å². The van der Waals surface area contributed by atoms with Crippen LogP contribution in [0.25, 0.3) is 0 Å². The molecule has 0 heterocycles. The summed E-state index contributed by atoms with van der Waals surface area (Å²) in [6.45, 7) is 1.47. The molecule has 5 heteroatoms. The van der Waals surface area contributed by atoms with Crippen LogP contribution in [0.5, 0.6) is 0 Å². The molecule has 2 aromatic rings. The Morgan fingerprint density at radius 3 is 2.40 bits per heavy atom. The van der Waals surface area contributed by atoms with Crippen LogP contribution >= 0.6 is 11.6 Å². The molecule has 0 bridgehead atoms. The zero-order chi connectivity index (χ0) is 14.9. The molecule has 2 rings (SSSR count). The van der Waals surface area contributed by atoms with E-state index in [0.717, 1.165) is 6.07 Å². The van der Waals surface area contributed by atoms with Gasteiger partial charge in [0.2, 0.25) is 0 Å². The first-order chi connectivity index (χ1) is 9.38. The number of benzene rings is 2. The van der Waals surface area contributed by atoms with E-state index in [4.69, 9.17) is 11.6 Å². The summed E-state index contributed by atoms with van der Waals surface area (Å²) in [4.78, 5) is 0. The van der Waals surface area contributed by atoms with Crippen molar-refractivity contribution >= 4 is 11.6 Å². The highest BCUT2D eigenvalue weighted by molar-refractivity contribution is 6.30. The van der Waals surface area contributed by atoms with E-state index >= 15 is 0 Å². The van der Waals surface area contributed by atoms with E-state index in [0.29, 0.717) is 6.07 Å². The fraction of sp³-hybridized carbons (Fsp3) is 0.200. The molecule has 0 aliphatic carbocycles. The van der Waals surface area contributed by atoms with Crippen molar-refractivity contribution in [3.05, 3.63) is 69.5 Å². The summed E-state index contributed by atoms with van der Waals surface area (Å²) in [6.07, 6.45) is -1.38. The zero-order valence-corrected chi connectivity index (χ0v) is 11.4. The van der Waals surface area contributed by atoms with Crippen molar-refractivity contribution in [2.45, 2.75) is 19.4 Å². The predicted octanol–water partition coefficient (Wildman–Crippen LogP) is 4.34. The first kappa shape index (κ1) is 14.9. The summed E-state index contributed by atoms with van der Waals surface area (Å²) < 4.78 is 40.4. The number of aryl methyl sites for hydroxylation is 1. The van der Waals surface area contributed by atoms with Gasteiger partial charge in [0.15, 0.2) is 0 Å². The molecule has 0 amide bonds. The number of rotatable bonds is 3. The van der Waals surface area contributed by atoms with E-state index in [1.54, 1.807) is 0 Å². The van der Waals surface area contributed by atoms with Gasteiger partial charge in [-0.15, -0.1) is 0 Å². The third-order valence-electron chi connectivity index (χ3n) is 3.07. The molecule has 2 aromatic carbocycles. The highest BCUT2D eigenvalue weighted by Gasteiger charge is 2.17. The summed E-state index contributed by atoms with van der Waals surface area (Å²) in [5.74, 6) is -2.11. The SMILES string of the molecule is Cc1cc(C(O)Cc2ccc(Cl)cc2F)c(F)cc1F. The second kappa shape index (κ2) is 5.85. The van der Waals surface area contributed by atoms with Crippen LogP contribution in [-0.4, -0.2) is 5.11 Å². The molecule has 1 nitrogen and oxygen atoms in total. The van der Waals surface area contributed by atoms with Crippen molar-refractivity contribution in [2.75, 3.05) is 0 Å². The normalized spacial score (nSPS) is 12.5. The molecule has 0 saturated heterocycles. The third-order valence-corrected chi connectivity index (χ3v) is 3.30. The Kier molecular flexibility index (Phi) is 4.35. The van der Waals surface area contributed by atoms with Gasteiger partial charge in [-0.1, -0.05) is 17.7 Å². The maximum Gasteiger partial charge on any atom is 0.131 e. The maximum atomic E-state index is 13.6. The van der Waals surface area contributed by atoms with Gasteiger partial charge in [0, 0.05) is 23.1 Å². The minimum absolute atomic E-state index is 0.0572. The Bertz CT molecular complexity index is 643. The summed E-state index contributed by atoms with van der Waals surface area (Å²) in [5, 5.41) is 10.2. The Morgan fingerprint density at radius 2 is 1.75 bits per heavy atom. The van der Waals surface area contributed by atoms with Gasteiger partial charge in [0.1, 0.15) is 17.5 Å². The van der Waals surface area contributed by atoms with E-state index in [1.165, 1.54) is 25.1 Å². The van der Waals surface area contributed by atoms with Crippen LogP contribution in [0, 0.1) is 24.4 Å². The van der Waals surface area contributed by atoms with E-state index in [-0.39, 0.29) is 28.1 Å². The molecule has 1 N–H and O–H groups in total.